The number of hydrogen-bond acceptors (Lipinski definition) is 12. The number of rotatable bonds is 28. The number of hydrogen-bond donors (Lipinski definition) is 0. The summed E-state index contributed by atoms with van der Waals surface area (Å²) in [6.07, 6.45) is 1.39. The first-order chi connectivity index (χ1) is 50.2. The molecule has 0 aliphatic carbocycles. The third kappa shape index (κ3) is 27.4. The highest BCUT2D eigenvalue weighted by molar-refractivity contribution is 6.76. The molecule has 0 bridgehead atoms. The van der Waals surface area contributed by atoms with Crippen molar-refractivity contribution in [1.82, 2.24) is 0 Å². The Hall–Kier alpha value is -5.17. The molecule has 0 atom stereocenters. The van der Waals surface area contributed by atoms with Crippen molar-refractivity contribution < 1.29 is 55.8 Å². The van der Waals surface area contributed by atoms with Crippen molar-refractivity contribution in [2.75, 3.05) is 26.4 Å². The number of carbonyl (C=O) groups excluding carboxylic acids is 4. The molecule has 0 aromatic heterocycles. The van der Waals surface area contributed by atoms with E-state index < -0.39 is 89.0 Å². The summed E-state index contributed by atoms with van der Waals surface area (Å²) in [6.45, 7) is 96.6. The summed E-state index contributed by atoms with van der Waals surface area (Å²) in [5.74, 6) is 1.61. The number of esters is 4. The van der Waals surface area contributed by atoms with E-state index in [2.05, 4.69) is 350 Å². The van der Waals surface area contributed by atoms with Crippen LogP contribution in [-0.2, 0) is 107 Å². The molecule has 0 unspecified atom stereocenters. The van der Waals surface area contributed by atoms with E-state index in [0.717, 1.165) is 89.8 Å². The van der Waals surface area contributed by atoms with Crippen molar-refractivity contribution in [2.24, 2.45) is 5.41 Å². The van der Waals surface area contributed by atoms with E-state index in [1.54, 1.807) is 0 Å². The monoisotopic (exact) mass is 1630 g/mol. The Labute approximate surface area is 695 Å². The Kier molecular flexibility index (Phi) is 31.1. The highest BCUT2D eigenvalue weighted by atomic mass is 28.4. The zero-order valence-corrected chi connectivity index (χ0v) is 84.5. The molecule has 0 radical (unpaired) electrons. The Bertz CT molecular complexity index is 3310. The number of aryl methyl sites for hydroxylation is 4. The molecule has 0 spiro atoms. The van der Waals surface area contributed by atoms with Gasteiger partial charge in [0.1, 0.15) is 54.8 Å². The molecule has 0 amide bonds. The van der Waals surface area contributed by atoms with Crippen LogP contribution in [0.2, 0.25) is 72.5 Å². The van der Waals surface area contributed by atoms with Crippen molar-refractivity contribution in [3.05, 3.63) is 115 Å². The van der Waals surface area contributed by atoms with Gasteiger partial charge in [0.05, 0.1) is 0 Å². The topological polar surface area (TPSA) is 142 Å². The van der Waals surface area contributed by atoms with E-state index >= 15 is 0 Å². The SMILES string of the molecule is CC(C)(C)c1cc(CCC(=O)OCC(COC(=O)CCc2cc(C(C)(C)C)c(O[Si](C)(C)C(C)(C)C)c(C(C)(C)C)c2)(COC(=O)CCc2cc(C(C)(C)C)c(O[Si](C)(C)C(C)(C)C)c(C(C)(C)C)c2)COC(=O)CCc2cc(C(C)(C)C)c(O[Si](C)(C)C(C)(C)C)c(C(C)(C)C)c2)cc(C(C)(C)C)c1O[Si](C)(C)C(C)(C)C. The second kappa shape index (κ2) is 35.0. The van der Waals surface area contributed by atoms with Crippen LogP contribution in [0.1, 0.15) is 342 Å². The lowest BCUT2D eigenvalue weighted by Crippen LogP contribution is -2.45. The van der Waals surface area contributed by atoms with Crippen molar-refractivity contribution in [2.45, 2.75) is 416 Å². The first-order valence-electron chi connectivity index (χ1n) is 42.3. The molecule has 4 aromatic carbocycles. The number of ether oxygens (including phenoxy) is 4. The smallest absolute Gasteiger partial charge is 0.306 e. The number of benzene rings is 4. The van der Waals surface area contributed by atoms with Crippen LogP contribution in [0.25, 0.3) is 0 Å². The molecule has 0 saturated carbocycles. The minimum absolute atomic E-state index is 0.00245. The standard InChI is InChI=1S/C97H164O12Si4/c1-85(2,3)69-53-65(54-70(86(4,5)6)81(69)106-110(37,38)93(25,26)27)45-49-77(98)102-61-97(62-103-78(99)50-46-66-55-71(87(7,8)9)82(72(56-66)88(10,11)12)107-111(39,40)94(28,29)30,63-104-79(100)51-47-67-57-73(89(13,14)15)83(74(58-67)90(16,17)18)108-112(41,42)95(31,32)33)64-105-80(101)52-48-68-59-75(91(19,20)21)84(76(60-68)92(22,23)24)109-113(43,44)96(34,35)36/h53-60H,45-52,61-64H2,1-44H3. The Balaban J connectivity index is 1.97. The fourth-order valence-corrected chi connectivity index (χ4v) is 16.5. The lowest BCUT2D eigenvalue weighted by atomic mass is 9.78. The van der Waals surface area contributed by atoms with Gasteiger partial charge in [0.25, 0.3) is 33.3 Å². The molecule has 0 aliphatic heterocycles. The summed E-state index contributed by atoms with van der Waals surface area (Å²) >= 11 is 0. The van der Waals surface area contributed by atoms with Crippen LogP contribution >= 0.6 is 0 Å². The summed E-state index contributed by atoms with van der Waals surface area (Å²) in [4.78, 5) is 59.3. The molecule has 4 aromatic rings. The van der Waals surface area contributed by atoms with Crippen LogP contribution in [0.5, 0.6) is 23.0 Å². The third-order valence-electron chi connectivity index (χ3n) is 24.3. The van der Waals surface area contributed by atoms with Gasteiger partial charge in [0.2, 0.25) is 0 Å². The minimum Gasteiger partial charge on any atom is -0.543 e. The average molecular weight is 1630 g/mol. The van der Waals surface area contributed by atoms with Crippen molar-refractivity contribution >= 4 is 57.1 Å². The number of carbonyl (C=O) groups is 4. The first kappa shape index (κ1) is 100. The maximum absolute atomic E-state index is 14.8. The molecule has 16 heteroatoms. The van der Waals surface area contributed by atoms with Crippen molar-refractivity contribution in [1.29, 1.82) is 0 Å². The highest BCUT2D eigenvalue weighted by Crippen LogP contribution is 2.52. The maximum atomic E-state index is 14.8. The van der Waals surface area contributed by atoms with E-state index in [0.29, 0.717) is 25.7 Å². The van der Waals surface area contributed by atoms with E-state index in [1.807, 2.05) is 0 Å². The molecule has 0 fully saturated rings. The van der Waals surface area contributed by atoms with Gasteiger partial charge in [-0.05, 0) is 208 Å². The normalized spacial score (nSPS) is 14.1. The lowest BCUT2D eigenvalue weighted by Gasteiger charge is -2.40. The fourth-order valence-electron chi connectivity index (χ4n) is 12.3. The van der Waals surface area contributed by atoms with Gasteiger partial charge >= 0.3 is 23.9 Å². The van der Waals surface area contributed by atoms with Gasteiger partial charge in [-0.1, -0.05) is 298 Å². The Morgan fingerprint density at radius 2 is 0.354 bits per heavy atom. The van der Waals surface area contributed by atoms with E-state index in [9.17, 15) is 19.2 Å². The second-order valence-electron chi connectivity index (χ2n) is 47.7. The second-order valence-corrected chi connectivity index (χ2v) is 66.6. The van der Waals surface area contributed by atoms with Gasteiger partial charge in [-0.3, -0.25) is 19.2 Å². The third-order valence-corrected chi connectivity index (χ3v) is 41.6. The minimum atomic E-state index is -2.32. The molecule has 0 heterocycles. The Morgan fingerprint density at radius 1 is 0.230 bits per heavy atom. The largest absolute Gasteiger partial charge is 0.543 e. The van der Waals surface area contributed by atoms with E-state index in [-0.39, 0.29) is 89.2 Å². The molecule has 12 nitrogen and oxygen atoms in total. The summed E-state index contributed by atoms with van der Waals surface area (Å²) in [6, 6.07) is 17.5. The van der Waals surface area contributed by atoms with Gasteiger partial charge in [0, 0.05) is 25.7 Å². The van der Waals surface area contributed by atoms with Gasteiger partial charge in [-0.25, -0.2) is 0 Å². The average Bonchev–Trinajstić information content (AvgIpc) is 0.775. The van der Waals surface area contributed by atoms with Crippen molar-refractivity contribution in [3.8, 4) is 23.0 Å². The van der Waals surface area contributed by atoms with Crippen LogP contribution in [0, 0.1) is 5.41 Å². The summed E-state index contributed by atoms with van der Waals surface area (Å²) in [5.41, 5.74) is 8.46. The molecular formula is C97H164O12Si4. The molecular weight excluding hydrogens is 1470 g/mol. The van der Waals surface area contributed by atoms with E-state index in [1.165, 1.54) is 0 Å². The van der Waals surface area contributed by atoms with Crippen LogP contribution < -0.4 is 17.7 Å². The zero-order valence-electron chi connectivity index (χ0n) is 80.5. The summed E-state index contributed by atoms with van der Waals surface area (Å²) in [7, 11) is -9.29. The fraction of sp³-hybridized carbons (Fsp3) is 0.711. The summed E-state index contributed by atoms with van der Waals surface area (Å²) in [5, 5.41) is -0.198. The van der Waals surface area contributed by atoms with Crippen LogP contribution in [0.3, 0.4) is 0 Å². The van der Waals surface area contributed by atoms with Gasteiger partial charge in [-0.15, -0.1) is 0 Å². The first-order valence-corrected chi connectivity index (χ1v) is 53.9. The Morgan fingerprint density at radius 3 is 0.460 bits per heavy atom. The maximum Gasteiger partial charge on any atom is 0.306 e. The molecule has 640 valence electrons. The molecule has 0 aliphatic rings. The van der Waals surface area contributed by atoms with Crippen molar-refractivity contribution in [3.63, 3.8) is 0 Å². The van der Waals surface area contributed by atoms with Gasteiger partial charge in [0.15, 0.2) is 0 Å². The van der Waals surface area contributed by atoms with Crippen LogP contribution in [-0.4, -0.2) is 83.6 Å². The zero-order chi connectivity index (χ0) is 87.8. The summed E-state index contributed by atoms with van der Waals surface area (Å²) < 4.78 is 54.9. The lowest BCUT2D eigenvalue weighted by molar-refractivity contribution is -0.170. The van der Waals surface area contributed by atoms with E-state index in [4.69, 9.17) is 36.7 Å². The molecule has 0 N–H and O–H groups in total. The quantitative estimate of drug-likeness (QED) is 0.0303. The van der Waals surface area contributed by atoms with Crippen LogP contribution in [0.15, 0.2) is 48.5 Å². The predicted octanol–water partition coefficient (Wildman–Crippen LogP) is 26.6. The molecule has 0 saturated heterocycles. The predicted molar refractivity (Wildman–Crippen MR) is 486 cm³/mol. The van der Waals surface area contributed by atoms with Crippen LogP contribution in [0.4, 0.5) is 0 Å². The van der Waals surface area contributed by atoms with Gasteiger partial charge in [-0.2, -0.15) is 0 Å². The molecule has 4 rings (SSSR count). The van der Waals surface area contributed by atoms with Gasteiger partial charge < -0.3 is 36.7 Å². The molecule has 113 heavy (non-hydrogen) atoms. The highest BCUT2D eigenvalue weighted by Gasteiger charge is 2.47.